The summed E-state index contributed by atoms with van der Waals surface area (Å²) >= 11 is 5.85. The van der Waals surface area contributed by atoms with Crippen LogP contribution in [-0.4, -0.2) is 22.4 Å². The largest absolute Gasteiger partial charge is 0.462 e. The summed E-state index contributed by atoms with van der Waals surface area (Å²) in [4.78, 5) is 11.2. The zero-order valence-corrected chi connectivity index (χ0v) is 8.34. The van der Waals surface area contributed by atoms with Crippen LogP contribution in [0.3, 0.4) is 0 Å². The molecule has 0 saturated carbocycles. The van der Waals surface area contributed by atoms with Gasteiger partial charge in [0.05, 0.1) is 12.8 Å². The predicted molar refractivity (Wildman–Crippen MR) is 48.9 cm³/mol. The van der Waals surface area contributed by atoms with Gasteiger partial charge in [-0.15, -0.1) is 0 Å². The molecule has 5 heteroatoms. The van der Waals surface area contributed by atoms with Crippen LogP contribution in [0.5, 0.6) is 0 Å². The molecule has 0 aliphatic heterocycles. The van der Waals surface area contributed by atoms with Crippen LogP contribution in [0.2, 0.25) is 5.15 Å². The van der Waals surface area contributed by atoms with Crippen LogP contribution in [0.4, 0.5) is 0 Å². The third kappa shape index (κ3) is 2.01. The van der Waals surface area contributed by atoms with Crippen molar-refractivity contribution in [3.8, 4) is 0 Å². The molecule has 1 aromatic heterocycles. The fourth-order valence-electron chi connectivity index (χ4n) is 0.937. The molecule has 0 aromatic carbocycles. The summed E-state index contributed by atoms with van der Waals surface area (Å²) in [5, 5.41) is 4.26. The van der Waals surface area contributed by atoms with Crippen LogP contribution >= 0.6 is 11.6 Å². The lowest BCUT2D eigenvalue weighted by atomic mass is 10.4. The molecule has 0 radical (unpaired) electrons. The smallest absolute Gasteiger partial charge is 0.342 e. The molecule has 0 bridgehead atoms. The maximum atomic E-state index is 11.2. The molecular weight excluding hydrogens is 192 g/mol. The van der Waals surface area contributed by atoms with Crippen LogP contribution in [0, 0.1) is 0 Å². The molecule has 13 heavy (non-hydrogen) atoms. The van der Waals surface area contributed by atoms with E-state index in [1.807, 2.05) is 6.92 Å². The number of aryl methyl sites for hydroxylation is 1. The Morgan fingerprint density at radius 3 is 2.85 bits per heavy atom. The molecule has 4 nitrogen and oxygen atoms in total. The second-order valence-corrected chi connectivity index (χ2v) is 2.74. The summed E-state index contributed by atoms with van der Waals surface area (Å²) < 4.78 is 6.33. The molecule has 1 aromatic rings. The van der Waals surface area contributed by atoms with E-state index in [-0.39, 0.29) is 0 Å². The van der Waals surface area contributed by atoms with E-state index in [9.17, 15) is 4.79 Å². The van der Waals surface area contributed by atoms with Crippen molar-refractivity contribution in [2.45, 2.75) is 20.4 Å². The molecule has 0 N–H and O–H groups in total. The van der Waals surface area contributed by atoms with Gasteiger partial charge in [0.1, 0.15) is 10.7 Å². The molecule has 72 valence electrons. The van der Waals surface area contributed by atoms with Gasteiger partial charge in [-0.1, -0.05) is 11.6 Å². The number of hydrogen-bond donors (Lipinski definition) is 0. The van der Waals surface area contributed by atoms with Crippen molar-refractivity contribution >= 4 is 17.6 Å². The minimum absolute atomic E-state index is 0.324. The van der Waals surface area contributed by atoms with Crippen LogP contribution in [-0.2, 0) is 11.3 Å². The standard InChI is InChI=1S/C8H11ClN2O2/c1-3-11-7(9)6(5-10-11)8(12)13-4-2/h5H,3-4H2,1-2H3. The normalized spacial score (nSPS) is 10.1. The van der Waals surface area contributed by atoms with Gasteiger partial charge < -0.3 is 4.74 Å². The highest BCUT2D eigenvalue weighted by Gasteiger charge is 2.15. The molecule has 0 spiro atoms. The minimum Gasteiger partial charge on any atom is -0.462 e. The van der Waals surface area contributed by atoms with Crippen molar-refractivity contribution in [3.05, 3.63) is 16.9 Å². The van der Waals surface area contributed by atoms with Crippen molar-refractivity contribution in [2.75, 3.05) is 6.61 Å². The lowest BCUT2D eigenvalue weighted by molar-refractivity contribution is 0.0526. The molecule has 0 amide bonds. The van der Waals surface area contributed by atoms with E-state index in [4.69, 9.17) is 16.3 Å². The van der Waals surface area contributed by atoms with E-state index in [1.165, 1.54) is 10.9 Å². The van der Waals surface area contributed by atoms with Crippen molar-refractivity contribution in [3.63, 3.8) is 0 Å². The summed E-state index contributed by atoms with van der Waals surface area (Å²) in [5.41, 5.74) is 0.324. The quantitative estimate of drug-likeness (QED) is 0.702. The van der Waals surface area contributed by atoms with Crippen LogP contribution in [0.25, 0.3) is 0 Å². The van der Waals surface area contributed by atoms with E-state index in [0.29, 0.717) is 23.9 Å². The number of rotatable bonds is 3. The van der Waals surface area contributed by atoms with Crippen LogP contribution in [0.1, 0.15) is 24.2 Å². The number of halogens is 1. The van der Waals surface area contributed by atoms with Gasteiger partial charge in [0.2, 0.25) is 0 Å². The molecule has 0 saturated heterocycles. The number of carbonyl (C=O) groups excluding carboxylic acids is 1. The van der Waals surface area contributed by atoms with Crippen molar-refractivity contribution in [1.29, 1.82) is 0 Å². The van der Waals surface area contributed by atoms with Gasteiger partial charge in [-0.2, -0.15) is 5.10 Å². The number of carbonyl (C=O) groups is 1. The fourth-order valence-corrected chi connectivity index (χ4v) is 1.23. The SMILES string of the molecule is CCOC(=O)c1cnn(CC)c1Cl. The van der Waals surface area contributed by atoms with E-state index in [1.54, 1.807) is 6.92 Å². The second-order valence-electron chi connectivity index (χ2n) is 2.39. The molecule has 0 atom stereocenters. The van der Waals surface area contributed by atoms with Gasteiger partial charge in [0, 0.05) is 6.54 Å². The number of ether oxygens (including phenoxy) is 1. The zero-order chi connectivity index (χ0) is 9.84. The average Bonchev–Trinajstić information content (AvgIpc) is 2.47. The molecule has 0 unspecified atom stereocenters. The monoisotopic (exact) mass is 202 g/mol. The van der Waals surface area contributed by atoms with Gasteiger partial charge in [0.15, 0.2) is 0 Å². The molecule has 1 heterocycles. The Balaban J connectivity index is 2.89. The van der Waals surface area contributed by atoms with E-state index >= 15 is 0 Å². The predicted octanol–water partition coefficient (Wildman–Crippen LogP) is 1.73. The maximum Gasteiger partial charge on any atom is 0.342 e. The summed E-state index contributed by atoms with van der Waals surface area (Å²) in [5.74, 6) is -0.424. The number of nitrogens with zero attached hydrogens (tertiary/aromatic N) is 2. The number of esters is 1. The lowest BCUT2D eigenvalue weighted by Crippen LogP contribution is -2.04. The molecule has 0 fully saturated rings. The zero-order valence-electron chi connectivity index (χ0n) is 7.58. The summed E-state index contributed by atoms with van der Waals surface area (Å²) in [6.07, 6.45) is 1.42. The Hall–Kier alpha value is -1.03. The van der Waals surface area contributed by atoms with Gasteiger partial charge in [0.25, 0.3) is 0 Å². The lowest BCUT2D eigenvalue weighted by Gasteiger charge is -1.99. The average molecular weight is 203 g/mol. The van der Waals surface area contributed by atoms with Gasteiger partial charge in [-0.05, 0) is 13.8 Å². The molecule has 1 rings (SSSR count). The molecular formula is C8H11ClN2O2. The first-order valence-electron chi connectivity index (χ1n) is 4.09. The summed E-state index contributed by atoms with van der Waals surface area (Å²) in [6.45, 7) is 4.62. The first-order chi connectivity index (χ1) is 6.20. The summed E-state index contributed by atoms with van der Waals surface area (Å²) in [6, 6.07) is 0. The maximum absolute atomic E-state index is 11.2. The Kier molecular flexibility index (Phi) is 3.31. The third-order valence-electron chi connectivity index (χ3n) is 1.57. The molecule has 0 aliphatic rings. The number of hydrogen-bond acceptors (Lipinski definition) is 3. The minimum atomic E-state index is -0.424. The highest BCUT2D eigenvalue weighted by molar-refractivity contribution is 6.32. The Bertz CT molecular complexity index is 309. The van der Waals surface area contributed by atoms with Crippen molar-refractivity contribution in [2.24, 2.45) is 0 Å². The van der Waals surface area contributed by atoms with Crippen molar-refractivity contribution in [1.82, 2.24) is 9.78 Å². The Labute approximate surface area is 81.4 Å². The second kappa shape index (κ2) is 4.28. The van der Waals surface area contributed by atoms with Crippen LogP contribution < -0.4 is 0 Å². The summed E-state index contributed by atoms with van der Waals surface area (Å²) in [7, 11) is 0. The highest BCUT2D eigenvalue weighted by atomic mass is 35.5. The molecule has 0 aliphatic carbocycles. The number of aromatic nitrogens is 2. The first-order valence-corrected chi connectivity index (χ1v) is 4.46. The van der Waals surface area contributed by atoms with Gasteiger partial charge >= 0.3 is 5.97 Å². The topological polar surface area (TPSA) is 44.1 Å². The van der Waals surface area contributed by atoms with E-state index in [2.05, 4.69) is 5.10 Å². The van der Waals surface area contributed by atoms with E-state index < -0.39 is 5.97 Å². The van der Waals surface area contributed by atoms with Crippen LogP contribution in [0.15, 0.2) is 6.20 Å². The highest BCUT2D eigenvalue weighted by Crippen LogP contribution is 2.15. The van der Waals surface area contributed by atoms with Gasteiger partial charge in [-0.3, -0.25) is 4.68 Å². The Morgan fingerprint density at radius 2 is 2.38 bits per heavy atom. The van der Waals surface area contributed by atoms with E-state index in [0.717, 1.165) is 0 Å². The fraction of sp³-hybridized carbons (Fsp3) is 0.500. The van der Waals surface area contributed by atoms with Gasteiger partial charge in [-0.25, -0.2) is 4.79 Å². The Morgan fingerprint density at radius 1 is 1.69 bits per heavy atom. The first kappa shape index (κ1) is 10.1. The van der Waals surface area contributed by atoms with Crippen molar-refractivity contribution < 1.29 is 9.53 Å². The third-order valence-corrected chi connectivity index (χ3v) is 1.97.